The Balaban J connectivity index is 3.15. The van der Waals surface area contributed by atoms with Gasteiger partial charge in [-0.25, -0.2) is 4.79 Å². The molecular formula is C13H16O3S. The van der Waals surface area contributed by atoms with Crippen molar-refractivity contribution in [2.45, 2.75) is 30.4 Å². The molecule has 1 aromatic rings. The van der Waals surface area contributed by atoms with Gasteiger partial charge in [-0.05, 0) is 18.2 Å². The Morgan fingerprint density at radius 3 is 2.47 bits per heavy atom. The maximum absolute atomic E-state index is 11.4. The summed E-state index contributed by atoms with van der Waals surface area (Å²) in [5.74, 6) is -0.391. The third-order valence-electron chi connectivity index (χ3n) is 1.98. The van der Waals surface area contributed by atoms with E-state index in [2.05, 4.69) is 25.5 Å². The summed E-state index contributed by atoms with van der Waals surface area (Å²) < 4.78 is 4.64. The molecule has 0 aliphatic rings. The molecule has 0 spiro atoms. The molecule has 0 heterocycles. The number of esters is 1. The standard InChI is InChI=1S/C13H16O3S/c1-13(2,3)17-11-7-9(12(15)16-4)5-6-10(11)8-14/h5-8H,1-4H3. The van der Waals surface area contributed by atoms with Gasteiger partial charge in [0.05, 0.1) is 12.7 Å². The Labute approximate surface area is 106 Å². The SMILES string of the molecule is COC(=O)c1ccc(C=O)c(SC(C)(C)C)c1. The van der Waals surface area contributed by atoms with Gasteiger partial charge < -0.3 is 4.74 Å². The molecule has 1 rings (SSSR count). The number of hydrogen-bond acceptors (Lipinski definition) is 4. The zero-order chi connectivity index (χ0) is 13.1. The van der Waals surface area contributed by atoms with Crippen molar-refractivity contribution >= 4 is 24.0 Å². The number of hydrogen-bond donors (Lipinski definition) is 0. The molecule has 0 amide bonds. The van der Waals surface area contributed by atoms with E-state index in [1.807, 2.05) is 0 Å². The minimum Gasteiger partial charge on any atom is -0.465 e. The van der Waals surface area contributed by atoms with Crippen molar-refractivity contribution in [2.24, 2.45) is 0 Å². The monoisotopic (exact) mass is 252 g/mol. The van der Waals surface area contributed by atoms with E-state index in [1.54, 1.807) is 30.0 Å². The van der Waals surface area contributed by atoms with E-state index in [4.69, 9.17) is 0 Å². The van der Waals surface area contributed by atoms with Gasteiger partial charge in [0.1, 0.15) is 0 Å². The first-order chi connectivity index (χ1) is 7.87. The van der Waals surface area contributed by atoms with E-state index < -0.39 is 5.97 Å². The largest absolute Gasteiger partial charge is 0.465 e. The maximum Gasteiger partial charge on any atom is 0.337 e. The number of thioether (sulfide) groups is 1. The van der Waals surface area contributed by atoms with Gasteiger partial charge in [-0.1, -0.05) is 20.8 Å². The summed E-state index contributed by atoms with van der Waals surface area (Å²) in [6, 6.07) is 4.95. The number of rotatable bonds is 3. The fourth-order valence-electron chi connectivity index (χ4n) is 1.29. The van der Waals surface area contributed by atoms with Crippen LogP contribution in [0.25, 0.3) is 0 Å². The Morgan fingerprint density at radius 1 is 1.35 bits per heavy atom. The minimum absolute atomic E-state index is 0.0213. The number of methoxy groups -OCH3 is 1. The highest BCUT2D eigenvalue weighted by Crippen LogP contribution is 2.34. The third-order valence-corrected chi connectivity index (χ3v) is 3.16. The summed E-state index contributed by atoms with van der Waals surface area (Å²) in [4.78, 5) is 23.1. The molecule has 0 aliphatic carbocycles. The molecule has 92 valence electrons. The molecule has 0 saturated carbocycles. The van der Waals surface area contributed by atoms with Crippen molar-refractivity contribution in [3.63, 3.8) is 0 Å². The average molecular weight is 252 g/mol. The van der Waals surface area contributed by atoms with Gasteiger partial charge in [-0.2, -0.15) is 0 Å². The first kappa shape index (κ1) is 13.8. The van der Waals surface area contributed by atoms with E-state index in [1.165, 1.54) is 7.11 Å². The molecular weight excluding hydrogens is 236 g/mol. The second-order valence-electron chi connectivity index (χ2n) is 4.58. The Bertz CT molecular complexity index is 433. The van der Waals surface area contributed by atoms with Crippen LogP contribution in [0, 0.1) is 0 Å². The lowest BCUT2D eigenvalue weighted by Crippen LogP contribution is -2.09. The van der Waals surface area contributed by atoms with E-state index >= 15 is 0 Å². The summed E-state index contributed by atoms with van der Waals surface area (Å²) >= 11 is 1.55. The number of carbonyl (C=O) groups excluding carboxylic acids is 2. The summed E-state index contributed by atoms with van der Waals surface area (Å²) in [5.41, 5.74) is 1.06. The molecule has 1 aromatic carbocycles. The lowest BCUT2D eigenvalue weighted by Gasteiger charge is -2.19. The quantitative estimate of drug-likeness (QED) is 0.471. The fourth-order valence-corrected chi connectivity index (χ4v) is 2.37. The Morgan fingerprint density at radius 2 is 2.00 bits per heavy atom. The van der Waals surface area contributed by atoms with E-state index in [-0.39, 0.29) is 4.75 Å². The number of carbonyl (C=O) groups is 2. The highest BCUT2D eigenvalue weighted by atomic mass is 32.2. The van der Waals surface area contributed by atoms with Crippen LogP contribution in [0.4, 0.5) is 0 Å². The number of benzene rings is 1. The Hall–Kier alpha value is -1.29. The van der Waals surface area contributed by atoms with Crippen LogP contribution in [0.5, 0.6) is 0 Å². The highest BCUT2D eigenvalue weighted by molar-refractivity contribution is 8.00. The Kier molecular flexibility index (Phi) is 4.34. The molecule has 0 atom stereocenters. The molecule has 0 unspecified atom stereocenters. The van der Waals surface area contributed by atoms with Crippen molar-refractivity contribution in [1.82, 2.24) is 0 Å². The first-order valence-electron chi connectivity index (χ1n) is 5.24. The molecule has 0 aromatic heterocycles. The first-order valence-corrected chi connectivity index (χ1v) is 6.05. The van der Waals surface area contributed by atoms with Crippen molar-refractivity contribution in [1.29, 1.82) is 0 Å². The zero-order valence-corrected chi connectivity index (χ0v) is 11.3. The van der Waals surface area contributed by atoms with Crippen LogP contribution in [-0.4, -0.2) is 24.1 Å². The molecule has 17 heavy (non-hydrogen) atoms. The van der Waals surface area contributed by atoms with Gasteiger partial charge in [0.2, 0.25) is 0 Å². The van der Waals surface area contributed by atoms with Gasteiger partial charge in [0.15, 0.2) is 6.29 Å². The topological polar surface area (TPSA) is 43.4 Å². The van der Waals surface area contributed by atoms with Gasteiger partial charge in [-0.15, -0.1) is 11.8 Å². The molecule has 0 radical (unpaired) electrons. The maximum atomic E-state index is 11.4. The minimum atomic E-state index is -0.391. The van der Waals surface area contributed by atoms with Crippen molar-refractivity contribution in [3.05, 3.63) is 29.3 Å². The van der Waals surface area contributed by atoms with E-state index in [9.17, 15) is 9.59 Å². The molecule has 3 nitrogen and oxygen atoms in total. The lowest BCUT2D eigenvalue weighted by atomic mass is 10.1. The van der Waals surface area contributed by atoms with Crippen molar-refractivity contribution in [3.8, 4) is 0 Å². The second-order valence-corrected chi connectivity index (χ2v) is 6.45. The predicted octanol–water partition coefficient (Wildman–Crippen LogP) is 3.18. The summed E-state index contributed by atoms with van der Waals surface area (Å²) in [6.07, 6.45) is 0.801. The number of aldehydes is 1. The molecule has 0 saturated heterocycles. The smallest absolute Gasteiger partial charge is 0.337 e. The van der Waals surface area contributed by atoms with Crippen molar-refractivity contribution in [2.75, 3.05) is 7.11 Å². The second kappa shape index (κ2) is 5.36. The van der Waals surface area contributed by atoms with Crippen LogP contribution in [0.2, 0.25) is 0 Å². The number of ether oxygens (including phenoxy) is 1. The average Bonchev–Trinajstić information content (AvgIpc) is 2.25. The van der Waals surface area contributed by atoms with Gasteiger partial charge in [0, 0.05) is 15.2 Å². The van der Waals surface area contributed by atoms with E-state index in [0.29, 0.717) is 11.1 Å². The zero-order valence-electron chi connectivity index (χ0n) is 10.4. The molecule has 0 aliphatic heterocycles. The lowest BCUT2D eigenvalue weighted by molar-refractivity contribution is 0.0600. The van der Waals surface area contributed by atoms with Crippen LogP contribution in [0.15, 0.2) is 23.1 Å². The van der Waals surface area contributed by atoms with Crippen LogP contribution in [0.3, 0.4) is 0 Å². The fraction of sp³-hybridized carbons (Fsp3) is 0.385. The van der Waals surface area contributed by atoms with E-state index in [0.717, 1.165) is 11.2 Å². The molecule has 0 N–H and O–H groups in total. The summed E-state index contributed by atoms with van der Waals surface area (Å²) in [5, 5.41) is 0. The molecule has 0 bridgehead atoms. The van der Waals surface area contributed by atoms with Crippen LogP contribution < -0.4 is 0 Å². The predicted molar refractivity (Wildman–Crippen MR) is 68.8 cm³/mol. The van der Waals surface area contributed by atoms with Crippen molar-refractivity contribution < 1.29 is 14.3 Å². The van der Waals surface area contributed by atoms with Gasteiger partial charge in [0.25, 0.3) is 0 Å². The van der Waals surface area contributed by atoms with Gasteiger partial charge >= 0.3 is 5.97 Å². The van der Waals surface area contributed by atoms with Crippen LogP contribution in [-0.2, 0) is 4.74 Å². The van der Waals surface area contributed by atoms with Crippen LogP contribution >= 0.6 is 11.8 Å². The normalized spacial score (nSPS) is 11.1. The van der Waals surface area contributed by atoms with Crippen LogP contribution in [0.1, 0.15) is 41.5 Å². The highest BCUT2D eigenvalue weighted by Gasteiger charge is 2.16. The molecule has 0 fully saturated rings. The summed E-state index contributed by atoms with van der Waals surface area (Å²) in [7, 11) is 1.34. The van der Waals surface area contributed by atoms with Gasteiger partial charge in [-0.3, -0.25) is 4.79 Å². The summed E-state index contributed by atoms with van der Waals surface area (Å²) in [6.45, 7) is 6.16. The molecule has 4 heteroatoms. The third kappa shape index (κ3) is 3.89.